The Kier molecular flexibility index (Phi) is 3.41. The standard InChI is InChI=1S/C12H14ClNO/c13-11-3-1-9(2-4-11)12-5-6-14-7-10(12)8-15/h1-4,14-15H,5-8H2. The van der Waals surface area contributed by atoms with Crippen LogP contribution in [0.5, 0.6) is 0 Å². The van der Waals surface area contributed by atoms with E-state index in [2.05, 4.69) is 5.32 Å². The van der Waals surface area contributed by atoms with Crippen molar-refractivity contribution in [3.8, 4) is 0 Å². The Morgan fingerprint density at radius 1 is 1.27 bits per heavy atom. The molecule has 1 aromatic rings. The van der Waals surface area contributed by atoms with Crippen LogP contribution in [0.1, 0.15) is 12.0 Å². The predicted molar refractivity (Wildman–Crippen MR) is 62.9 cm³/mol. The van der Waals surface area contributed by atoms with E-state index in [1.165, 1.54) is 11.1 Å². The maximum Gasteiger partial charge on any atom is 0.0660 e. The van der Waals surface area contributed by atoms with Crippen molar-refractivity contribution in [2.45, 2.75) is 6.42 Å². The van der Waals surface area contributed by atoms with Crippen LogP contribution in [0.2, 0.25) is 5.02 Å². The second kappa shape index (κ2) is 4.79. The van der Waals surface area contributed by atoms with E-state index in [0.29, 0.717) is 0 Å². The second-order valence-corrected chi connectivity index (χ2v) is 4.11. The van der Waals surface area contributed by atoms with Gasteiger partial charge in [0, 0.05) is 11.6 Å². The highest BCUT2D eigenvalue weighted by atomic mass is 35.5. The Morgan fingerprint density at radius 2 is 2.00 bits per heavy atom. The Bertz CT molecular complexity index is 370. The van der Waals surface area contributed by atoms with Crippen molar-refractivity contribution in [2.75, 3.05) is 19.7 Å². The van der Waals surface area contributed by atoms with E-state index in [1.54, 1.807) is 0 Å². The molecular formula is C12H14ClNO. The van der Waals surface area contributed by atoms with E-state index >= 15 is 0 Å². The lowest BCUT2D eigenvalue weighted by atomic mass is 9.95. The lowest BCUT2D eigenvalue weighted by Gasteiger charge is -2.20. The van der Waals surface area contributed by atoms with Gasteiger partial charge in [-0.1, -0.05) is 23.7 Å². The van der Waals surface area contributed by atoms with Crippen LogP contribution in [0.4, 0.5) is 0 Å². The Balaban J connectivity index is 2.35. The second-order valence-electron chi connectivity index (χ2n) is 3.67. The number of benzene rings is 1. The van der Waals surface area contributed by atoms with Crippen LogP contribution in [-0.4, -0.2) is 24.8 Å². The van der Waals surface area contributed by atoms with Crippen molar-refractivity contribution < 1.29 is 5.11 Å². The molecule has 0 fully saturated rings. The molecule has 0 atom stereocenters. The molecule has 2 rings (SSSR count). The van der Waals surface area contributed by atoms with Crippen molar-refractivity contribution in [3.05, 3.63) is 40.4 Å². The highest BCUT2D eigenvalue weighted by Crippen LogP contribution is 2.25. The fraction of sp³-hybridized carbons (Fsp3) is 0.333. The molecule has 3 heteroatoms. The third kappa shape index (κ3) is 2.40. The van der Waals surface area contributed by atoms with Crippen molar-refractivity contribution in [1.82, 2.24) is 5.32 Å². The summed E-state index contributed by atoms with van der Waals surface area (Å²) in [6.45, 7) is 1.89. The number of rotatable bonds is 2. The maximum atomic E-state index is 9.25. The molecule has 2 N–H and O–H groups in total. The van der Waals surface area contributed by atoms with Crippen molar-refractivity contribution in [3.63, 3.8) is 0 Å². The average molecular weight is 224 g/mol. The smallest absolute Gasteiger partial charge is 0.0660 e. The quantitative estimate of drug-likeness (QED) is 0.805. The number of aliphatic hydroxyl groups is 1. The monoisotopic (exact) mass is 223 g/mol. The van der Waals surface area contributed by atoms with Gasteiger partial charge in [0.15, 0.2) is 0 Å². The molecule has 1 heterocycles. The fourth-order valence-corrected chi connectivity index (χ4v) is 2.01. The van der Waals surface area contributed by atoms with Gasteiger partial charge < -0.3 is 10.4 Å². The third-order valence-electron chi connectivity index (χ3n) is 2.70. The van der Waals surface area contributed by atoms with E-state index < -0.39 is 0 Å². The molecule has 0 unspecified atom stereocenters. The molecule has 80 valence electrons. The predicted octanol–water partition coefficient (Wildman–Crippen LogP) is 2.08. The first-order valence-electron chi connectivity index (χ1n) is 5.09. The largest absolute Gasteiger partial charge is 0.392 e. The van der Waals surface area contributed by atoms with Crippen molar-refractivity contribution >= 4 is 17.2 Å². The van der Waals surface area contributed by atoms with Gasteiger partial charge >= 0.3 is 0 Å². The molecule has 0 radical (unpaired) electrons. The third-order valence-corrected chi connectivity index (χ3v) is 2.95. The molecular weight excluding hydrogens is 210 g/mol. The number of hydrogen-bond acceptors (Lipinski definition) is 2. The summed E-state index contributed by atoms with van der Waals surface area (Å²) in [5, 5.41) is 13.3. The molecule has 0 aliphatic carbocycles. The first kappa shape index (κ1) is 10.7. The summed E-state index contributed by atoms with van der Waals surface area (Å²) in [5.41, 5.74) is 3.52. The van der Waals surface area contributed by atoms with Crippen LogP contribution in [0.25, 0.3) is 5.57 Å². The molecule has 1 aliphatic heterocycles. The Hall–Kier alpha value is -0.830. The fourth-order valence-electron chi connectivity index (χ4n) is 1.89. The summed E-state index contributed by atoms with van der Waals surface area (Å²) in [4.78, 5) is 0. The molecule has 0 spiro atoms. The molecule has 0 saturated carbocycles. The highest BCUT2D eigenvalue weighted by molar-refractivity contribution is 6.30. The summed E-state index contributed by atoms with van der Waals surface area (Å²) in [7, 11) is 0. The van der Waals surface area contributed by atoms with E-state index in [1.807, 2.05) is 24.3 Å². The van der Waals surface area contributed by atoms with E-state index in [0.717, 1.165) is 30.1 Å². The molecule has 0 bridgehead atoms. The van der Waals surface area contributed by atoms with E-state index in [9.17, 15) is 5.11 Å². The number of halogens is 1. The normalized spacial score (nSPS) is 16.9. The van der Waals surface area contributed by atoms with Crippen LogP contribution < -0.4 is 5.32 Å². The Labute approximate surface area is 94.6 Å². The lowest BCUT2D eigenvalue weighted by Crippen LogP contribution is -2.26. The average Bonchev–Trinajstić information content (AvgIpc) is 2.30. The van der Waals surface area contributed by atoms with Gasteiger partial charge in [0.2, 0.25) is 0 Å². The van der Waals surface area contributed by atoms with Gasteiger partial charge in [0.05, 0.1) is 6.61 Å². The first-order chi connectivity index (χ1) is 7.31. The topological polar surface area (TPSA) is 32.3 Å². The zero-order valence-corrected chi connectivity index (χ0v) is 9.22. The molecule has 0 amide bonds. The molecule has 2 nitrogen and oxygen atoms in total. The molecule has 0 aromatic heterocycles. The number of hydrogen-bond donors (Lipinski definition) is 2. The van der Waals surface area contributed by atoms with Gasteiger partial charge in [-0.3, -0.25) is 0 Å². The SMILES string of the molecule is OCC1=C(c2ccc(Cl)cc2)CCNC1. The van der Waals surface area contributed by atoms with Crippen LogP contribution in [0.3, 0.4) is 0 Å². The van der Waals surface area contributed by atoms with Crippen LogP contribution >= 0.6 is 11.6 Å². The van der Waals surface area contributed by atoms with Crippen LogP contribution in [0.15, 0.2) is 29.8 Å². The zero-order valence-electron chi connectivity index (χ0n) is 8.46. The summed E-state index contributed by atoms with van der Waals surface area (Å²) in [6.07, 6.45) is 0.970. The zero-order chi connectivity index (χ0) is 10.7. The minimum Gasteiger partial charge on any atom is -0.392 e. The van der Waals surface area contributed by atoms with Gasteiger partial charge in [-0.25, -0.2) is 0 Å². The number of nitrogens with one attached hydrogen (secondary N) is 1. The van der Waals surface area contributed by atoms with Gasteiger partial charge in [-0.15, -0.1) is 0 Å². The van der Waals surface area contributed by atoms with Crippen LogP contribution in [-0.2, 0) is 0 Å². The Morgan fingerprint density at radius 3 is 2.67 bits per heavy atom. The molecule has 15 heavy (non-hydrogen) atoms. The minimum absolute atomic E-state index is 0.130. The first-order valence-corrected chi connectivity index (χ1v) is 5.47. The van der Waals surface area contributed by atoms with Gasteiger partial charge in [-0.2, -0.15) is 0 Å². The molecule has 1 aromatic carbocycles. The van der Waals surface area contributed by atoms with Crippen molar-refractivity contribution in [1.29, 1.82) is 0 Å². The summed E-state index contributed by atoms with van der Waals surface area (Å²) in [6, 6.07) is 7.80. The van der Waals surface area contributed by atoms with Gasteiger partial charge in [0.1, 0.15) is 0 Å². The number of aliphatic hydroxyl groups excluding tert-OH is 1. The highest BCUT2D eigenvalue weighted by Gasteiger charge is 2.12. The summed E-state index contributed by atoms with van der Waals surface area (Å²) in [5.74, 6) is 0. The van der Waals surface area contributed by atoms with Crippen LogP contribution in [0, 0.1) is 0 Å². The lowest BCUT2D eigenvalue weighted by molar-refractivity contribution is 0.326. The minimum atomic E-state index is 0.130. The van der Waals surface area contributed by atoms with Gasteiger partial charge in [0.25, 0.3) is 0 Å². The maximum absolute atomic E-state index is 9.25. The summed E-state index contributed by atoms with van der Waals surface area (Å²) < 4.78 is 0. The van der Waals surface area contributed by atoms with E-state index in [-0.39, 0.29) is 6.61 Å². The molecule has 1 aliphatic rings. The van der Waals surface area contributed by atoms with Crippen molar-refractivity contribution in [2.24, 2.45) is 0 Å². The molecule has 0 saturated heterocycles. The van der Waals surface area contributed by atoms with Gasteiger partial charge in [-0.05, 0) is 41.8 Å². The summed E-state index contributed by atoms with van der Waals surface area (Å²) >= 11 is 5.84. The van der Waals surface area contributed by atoms with E-state index in [4.69, 9.17) is 11.6 Å².